The van der Waals surface area contributed by atoms with Gasteiger partial charge in [0.2, 0.25) is 11.8 Å². The van der Waals surface area contributed by atoms with E-state index in [0.717, 1.165) is 0 Å². The van der Waals surface area contributed by atoms with Crippen LogP contribution in [0.2, 0.25) is 0 Å². The van der Waals surface area contributed by atoms with E-state index in [1.165, 1.54) is 13.2 Å². The summed E-state index contributed by atoms with van der Waals surface area (Å²) in [6.07, 6.45) is 2.52. The van der Waals surface area contributed by atoms with Crippen LogP contribution in [0.25, 0.3) is 0 Å². The van der Waals surface area contributed by atoms with E-state index in [1.54, 1.807) is 33.8 Å². The van der Waals surface area contributed by atoms with Gasteiger partial charge < -0.3 is 30.2 Å². The zero-order valence-corrected chi connectivity index (χ0v) is 16.7. The van der Waals surface area contributed by atoms with E-state index in [0.29, 0.717) is 13.0 Å². The van der Waals surface area contributed by atoms with Crippen LogP contribution in [-0.4, -0.2) is 62.1 Å². The van der Waals surface area contributed by atoms with Crippen LogP contribution < -0.4 is 16.0 Å². The molecular formula is C18H31N3O6. The molecule has 3 amide bonds. The number of carbonyl (C=O) groups excluding carboxylic acids is 3. The van der Waals surface area contributed by atoms with E-state index < -0.39 is 23.8 Å². The van der Waals surface area contributed by atoms with Gasteiger partial charge in [-0.2, -0.15) is 0 Å². The Bertz CT molecular complexity index is 544. The average molecular weight is 385 g/mol. The van der Waals surface area contributed by atoms with Crippen molar-refractivity contribution >= 4 is 17.9 Å². The molecule has 1 rings (SSSR count). The van der Waals surface area contributed by atoms with Gasteiger partial charge in [0, 0.05) is 32.2 Å². The molecule has 3 atom stereocenters. The maximum atomic E-state index is 12.6. The van der Waals surface area contributed by atoms with Gasteiger partial charge in [0.25, 0.3) is 0 Å². The van der Waals surface area contributed by atoms with Crippen molar-refractivity contribution in [3.63, 3.8) is 0 Å². The van der Waals surface area contributed by atoms with Gasteiger partial charge >= 0.3 is 6.09 Å². The molecule has 0 spiro atoms. The van der Waals surface area contributed by atoms with Crippen LogP contribution in [0.4, 0.5) is 4.79 Å². The van der Waals surface area contributed by atoms with E-state index in [-0.39, 0.29) is 31.1 Å². The number of ether oxygens (including phenoxy) is 3. The van der Waals surface area contributed by atoms with E-state index in [9.17, 15) is 14.4 Å². The minimum absolute atomic E-state index is 0.0374. The molecule has 0 unspecified atom stereocenters. The largest absolute Gasteiger partial charge is 0.444 e. The highest BCUT2D eigenvalue weighted by atomic mass is 16.7. The van der Waals surface area contributed by atoms with Crippen molar-refractivity contribution in [2.24, 2.45) is 0 Å². The molecule has 0 saturated carbocycles. The van der Waals surface area contributed by atoms with Crippen molar-refractivity contribution in [3.05, 3.63) is 12.2 Å². The Labute approximate surface area is 160 Å². The molecule has 0 bridgehead atoms. The molecule has 0 aliphatic carbocycles. The fourth-order valence-corrected chi connectivity index (χ4v) is 2.40. The third-order valence-corrected chi connectivity index (χ3v) is 3.60. The van der Waals surface area contributed by atoms with Crippen molar-refractivity contribution in [1.82, 2.24) is 16.0 Å². The Hall–Kier alpha value is -2.13. The fourth-order valence-electron chi connectivity index (χ4n) is 2.40. The van der Waals surface area contributed by atoms with Crippen LogP contribution in [0.5, 0.6) is 0 Å². The summed E-state index contributed by atoms with van der Waals surface area (Å²) in [7, 11) is 1.49. The monoisotopic (exact) mass is 385 g/mol. The van der Waals surface area contributed by atoms with Crippen LogP contribution >= 0.6 is 0 Å². The van der Waals surface area contributed by atoms with Gasteiger partial charge in [0.05, 0.1) is 6.10 Å². The molecule has 27 heavy (non-hydrogen) atoms. The number of nitrogens with one attached hydrogen (secondary N) is 3. The standard InChI is InChI=1S/C18H31N3O6/c1-12-6-7-15(22)19-9-8-13(26-11-25-5)10-14(16(23)20-12)21-17(24)27-18(2,3)4/h6-7,12-14H,8-11H2,1-5H3,(H,19,22)(H,20,23)(H,21,24)/b7-6+/t12-,13+,14-/m0/s1. The van der Waals surface area contributed by atoms with Gasteiger partial charge in [-0.3, -0.25) is 9.59 Å². The molecule has 0 saturated heterocycles. The molecule has 1 aliphatic rings. The van der Waals surface area contributed by atoms with Gasteiger partial charge in [-0.25, -0.2) is 4.79 Å². The molecule has 0 aromatic rings. The highest BCUT2D eigenvalue weighted by Crippen LogP contribution is 2.11. The van der Waals surface area contributed by atoms with Crippen LogP contribution in [0.15, 0.2) is 12.2 Å². The minimum atomic E-state index is -0.854. The van der Waals surface area contributed by atoms with E-state index in [2.05, 4.69) is 16.0 Å². The van der Waals surface area contributed by atoms with E-state index in [4.69, 9.17) is 14.2 Å². The molecule has 154 valence electrons. The lowest BCUT2D eigenvalue weighted by atomic mass is 10.0. The second kappa shape index (κ2) is 10.9. The Kier molecular flexibility index (Phi) is 9.23. The zero-order chi connectivity index (χ0) is 20.4. The SMILES string of the molecule is COCO[C@@H]1CCNC(=O)/C=C/[C@H](C)NC(=O)[C@@H](NC(=O)OC(C)(C)C)C1. The predicted octanol–water partition coefficient (Wildman–Crippen LogP) is 0.840. The quantitative estimate of drug-likeness (QED) is 0.618. The highest BCUT2D eigenvalue weighted by Gasteiger charge is 2.28. The number of amides is 3. The third kappa shape index (κ3) is 9.95. The summed E-state index contributed by atoms with van der Waals surface area (Å²) in [6.45, 7) is 7.37. The number of methoxy groups -OCH3 is 1. The van der Waals surface area contributed by atoms with Crippen LogP contribution in [0.1, 0.15) is 40.5 Å². The Morgan fingerprint density at radius 2 is 2.04 bits per heavy atom. The van der Waals surface area contributed by atoms with E-state index in [1.807, 2.05) is 0 Å². The Balaban J connectivity index is 2.93. The Morgan fingerprint density at radius 3 is 2.67 bits per heavy atom. The summed E-state index contributed by atoms with van der Waals surface area (Å²) in [6, 6.07) is -1.24. The summed E-state index contributed by atoms with van der Waals surface area (Å²) in [5, 5.41) is 8.11. The molecule has 1 heterocycles. The van der Waals surface area contributed by atoms with Crippen molar-refractivity contribution in [1.29, 1.82) is 0 Å². The van der Waals surface area contributed by atoms with Crippen molar-refractivity contribution < 1.29 is 28.6 Å². The molecular weight excluding hydrogens is 354 g/mol. The van der Waals surface area contributed by atoms with Crippen LogP contribution in [0.3, 0.4) is 0 Å². The van der Waals surface area contributed by atoms with Gasteiger partial charge in [-0.1, -0.05) is 6.08 Å². The molecule has 9 heteroatoms. The average Bonchev–Trinajstić information content (AvgIpc) is 2.54. The maximum absolute atomic E-state index is 12.6. The predicted molar refractivity (Wildman–Crippen MR) is 98.9 cm³/mol. The third-order valence-electron chi connectivity index (χ3n) is 3.60. The van der Waals surface area contributed by atoms with Crippen LogP contribution in [0, 0.1) is 0 Å². The van der Waals surface area contributed by atoms with Gasteiger partial charge in [-0.15, -0.1) is 0 Å². The number of carbonyl (C=O) groups is 3. The molecule has 0 radical (unpaired) electrons. The number of hydrogen-bond donors (Lipinski definition) is 3. The first kappa shape index (κ1) is 22.9. The molecule has 9 nitrogen and oxygen atoms in total. The number of alkyl carbamates (subject to hydrolysis) is 1. The van der Waals surface area contributed by atoms with Crippen molar-refractivity contribution in [2.75, 3.05) is 20.4 Å². The summed E-state index contributed by atoms with van der Waals surface area (Å²) in [5.74, 6) is -0.629. The first-order valence-corrected chi connectivity index (χ1v) is 8.97. The first-order valence-electron chi connectivity index (χ1n) is 8.97. The van der Waals surface area contributed by atoms with Gasteiger partial charge in [0.1, 0.15) is 18.4 Å². The molecule has 0 aromatic carbocycles. The summed E-state index contributed by atoms with van der Waals surface area (Å²) >= 11 is 0. The zero-order valence-electron chi connectivity index (χ0n) is 16.7. The van der Waals surface area contributed by atoms with Crippen molar-refractivity contribution in [3.8, 4) is 0 Å². The molecule has 0 fully saturated rings. The highest BCUT2D eigenvalue weighted by molar-refractivity contribution is 5.88. The number of hydrogen-bond acceptors (Lipinski definition) is 6. The topological polar surface area (TPSA) is 115 Å². The second-order valence-electron chi connectivity index (χ2n) is 7.37. The molecule has 1 aliphatic heterocycles. The van der Waals surface area contributed by atoms with Gasteiger partial charge in [0.15, 0.2) is 0 Å². The van der Waals surface area contributed by atoms with Crippen LogP contribution in [-0.2, 0) is 23.8 Å². The normalized spacial score (nSPS) is 26.0. The molecule has 3 N–H and O–H groups in total. The summed E-state index contributed by atoms with van der Waals surface area (Å²) in [4.78, 5) is 36.5. The number of rotatable bonds is 4. The lowest BCUT2D eigenvalue weighted by molar-refractivity contribution is -0.126. The lowest BCUT2D eigenvalue weighted by Gasteiger charge is -2.27. The summed E-state index contributed by atoms with van der Waals surface area (Å²) < 4.78 is 15.8. The Morgan fingerprint density at radius 1 is 1.33 bits per heavy atom. The van der Waals surface area contributed by atoms with Crippen molar-refractivity contribution in [2.45, 2.75) is 64.3 Å². The molecule has 0 aromatic heterocycles. The maximum Gasteiger partial charge on any atom is 0.408 e. The summed E-state index contributed by atoms with van der Waals surface area (Å²) in [5.41, 5.74) is -0.682. The van der Waals surface area contributed by atoms with Gasteiger partial charge in [-0.05, 0) is 34.1 Å². The fraction of sp³-hybridized carbons (Fsp3) is 0.722. The minimum Gasteiger partial charge on any atom is -0.444 e. The second-order valence-corrected chi connectivity index (χ2v) is 7.37. The lowest BCUT2D eigenvalue weighted by Crippen LogP contribution is -2.51. The smallest absolute Gasteiger partial charge is 0.408 e. The van der Waals surface area contributed by atoms with E-state index >= 15 is 0 Å². The first-order chi connectivity index (χ1) is 12.6.